The first-order valence-electron chi connectivity index (χ1n) is 5.78. The van der Waals surface area contributed by atoms with Crippen LogP contribution in [0, 0.1) is 0 Å². The zero-order chi connectivity index (χ0) is 13.5. The van der Waals surface area contributed by atoms with Crippen molar-refractivity contribution < 1.29 is 19.7 Å². The maximum atomic E-state index is 10.9. The van der Waals surface area contributed by atoms with Crippen LogP contribution in [0.5, 0.6) is 5.75 Å². The van der Waals surface area contributed by atoms with Crippen LogP contribution in [-0.2, 0) is 0 Å². The van der Waals surface area contributed by atoms with Gasteiger partial charge in [-0.25, -0.2) is 0 Å². The van der Waals surface area contributed by atoms with Gasteiger partial charge in [0.2, 0.25) is 0 Å². The van der Waals surface area contributed by atoms with Gasteiger partial charge in [-0.2, -0.15) is 0 Å². The quantitative estimate of drug-likeness (QED) is 0.597. The highest BCUT2D eigenvalue weighted by atomic mass is 79.9. The van der Waals surface area contributed by atoms with E-state index in [1.165, 1.54) is 0 Å². The van der Waals surface area contributed by atoms with E-state index in [-0.39, 0.29) is 0 Å². The molecule has 0 aromatic heterocycles. The molecule has 18 heavy (non-hydrogen) atoms. The molecule has 0 spiro atoms. The molecule has 0 saturated heterocycles. The summed E-state index contributed by atoms with van der Waals surface area (Å²) in [5, 5.41) is 20.2. The molecule has 0 amide bonds. The Labute approximate surface area is 115 Å². The number of aliphatic hydroxyl groups excluding tert-OH is 2. The third-order valence-corrected chi connectivity index (χ3v) is 3.03. The van der Waals surface area contributed by atoms with Crippen molar-refractivity contribution in [3.8, 4) is 5.75 Å². The molecule has 0 fully saturated rings. The van der Waals surface area contributed by atoms with Gasteiger partial charge >= 0.3 is 0 Å². The number of carbonyl (C=O) groups excluding carboxylic acids is 1. The van der Waals surface area contributed by atoms with Crippen LogP contribution < -0.4 is 4.74 Å². The molecular weight excluding hydrogens is 300 g/mol. The van der Waals surface area contributed by atoms with Crippen molar-refractivity contribution in [2.75, 3.05) is 11.9 Å². The molecule has 4 nitrogen and oxygen atoms in total. The second-order valence-corrected chi connectivity index (χ2v) is 4.63. The molecule has 0 saturated carbocycles. The Morgan fingerprint density at radius 2 is 2.17 bits per heavy atom. The number of hydrogen-bond acceptors (Lipinski definition) is 4. The molecule has 0 heterocycles. The lowest BCUT2D eigenvalue weighted by Crippen LogP contribution is -2.18. The first kappa shape index (κ1) is 15.1. The SMILES string of the molecule is CCOc1ccc(C(O)C(O)CCBr)cc1C=O. The van der Waals surface area contributed by atoms with E-state index in [1.54, 1.807) is 18.2 Å². The highest BCUT2D eigenvalue weighted by Crippen LogP contribution is 2.25. The molecule has 1 aromatic rings. The van der Waals surface area contributed by atoms with Crippen molar-refractivity contribution in [2.45, 2.75) is 25.6 Å². The largest absolute Gasteiger partial charge is 0.493 e. The van der Waals surface area contributed by atoms with Crippen LogP contribution in [0.1, 0.15) is 35.4 Å². The van der Waals surface area contributed by atoms with Gasteiger partial charge in [-0.05, 0) is 31.0 Å². The molecule has 0 aliphatic carbocycles. The van der Waals surface area contributed by atoms with Crippen molar-refractivity contribution >= 4 is 22.2 Å². The summed E-state index contributed by atoms with van der Waals surface area (Å²) in [7, 11) is 0. The van der Waals surface area contributed by atoms with Gasteiger partial charge in [0.15, 0.2) is 6.29 Å². The summed E-state index contributed by atoms with van der Waals surface area (Å²) < 4.78 is 5.29. The summed E-state index contributed by atoms with van der Waals surface area (Å²) in [6.45, 7) is 2.30. The maximum absolute atomic E-state index is 10.9. The minimum atomic E-state index is -1.00. The maximum Gasteiger partial charge on any atom is 0.153 e. The van der Waals surface area contributed by atoms with Crippen LogP contribution in [0.4, 0.5) is 0 Å². The summed E-state index contributed by atoms with van der Waals surface area (Å²) in [6.07, 6.45) is -0.748. The Kier molecular flexibility index (Phi) is 6.32. The number of aldehydes is 1. The minimum absolute atomic E-state index is 0.374. The highest BCUT2D eigenvalue weighted by Gasteiger charge is 2.19. The molecule has 0 bridgehead atoms. The number of aliphatic hydroxyl groups is 2. The summed E-state index contributed by atoms with van der Waals surface area (Å²) >= 11 is 3.20. The summed E-state index contributed by atoms with van der Waals surface area (Å²) in [4.78, 5) is 10.9. The van der Waals surface area contributed by atoms with E-state index in [4.69, 9.17) is 4.74 Å². The van der Waals surface area contributed by atoms with Gasteiger partial charge in [0.25, 0.3) is 0 Å². The zero-order valence-electron chi connectivity index (χ0n) is 10.2. The lowest BCUT2D eigenvalue weighted by atomic mass is 10.0. The zero-order valence-corrected chi connectivity index (χ0v) is 11.8. The average Bonchev–Trinajstić information content (AvgIpc) is 2.39. The van der Waals surface area contributed by atoms with Crippen molar-refractivity contribution in [1.82, 2.24) is 0 Å². The number of rotatable bonds is 7. The molecule has 1 rings (SSSR count). The Morgan fingerprint density at radius 3 is 2.72 bits per heavy atom. The third-order valence-electron chi connectivity index (χ3n) is 2.57. The predicted molar refractivity (Wildman–Crippen MR) is 72.4 cm³/mol. The number of benzene rings is 1. The smallest absolute Gasteiger partial charge is 0.153 e. The van der Waals surface area contributed by atoms with Crippen molar-refractivity contribution in [2.24, 2.45) is 0 Å². The van der Waals surface area contributed by atoms with Crippen molar-refractivity contribution in [1.29, 1.82) is 0 Å². The van der Waals surface area contributed by atoms with E-state index < -0.39 is 12.2 Å². The van der Waals surface area contributed by atoms with E-state index >= 15 is 0 Å². The topological polar surface area (TPSA) is 66.8 Å². The number of alkyl halides is 1. The van der Waals surface area contributed by atoms with E-state index in [0.29, 0.717) is 41.5 Å². The number of ether oxygens (including phenoxy) is 1. The number of halogens is 1. The lowest BCUT2D eigenvalue weighted by molar-refractivity contribution is 0.0173. The Morgan fingerprint density at radius 1 is 1.44 bits per heavy atom. The molecule has 1 aromatic carbocycles. The van der Waals surface area contributed by atoms with Crippen LogP contribution in [0.15, 0.2) is 18.2 Å². The van der Waals surface area contributed by atoms with Gasteiger partial charge in [0.05, 0.1) is 18.3 Å². The van der Waals surface area contributed by atoms with Crippen LogP contribution in [0.2, 0.25) is 0 Å². The van der Waals surface area contributed by atoms with Crippen LogP contribution in [0.3, 0.4) is 0 Å². The van der Waals surface area contributed by atoms with E-state index in [2.05, 4.69) is 15.9 Å². The van der Waals surface area contributed by atoms with Gasteiger partial charge in [-0.3, -0.25) is 4.79 Å². The monoisotopic (exact) mass is 316 g/mol. The molecule has 0 radical (unpaired) electrons. The molecule has 0 aliphatic rings. The molecule has 2 N–H and O–H groups in total. The standard InChI is InChI=1S/C13H17BrO4/c1-2-18-12-4-3-9(7-10(12)8-15)13(17)11(16)5-6-14/h3-4,7-8,11,13,16-17H,2,5-6H2,1H3. The van der Waals surface area contributed by atoms with E-state index in [1.807, 2.05) is 6.92 Å². The van der Waals surface area contributed by atoms with Crippen molar-refractivity contribution in [3.63, 3.8) is 0 Å². The van der Waals surface area contributed by atoms with Crippen LogP contribution >= 0.6 is 15.9 Å². The summed E-state index contributed by atoms with van der Waals surface area (Å²) in [5.74, 6) is 0.485. The Hall–Kier alpha value is -0.910. The fourth-order valence-corrected chi connectivity index (χ4v) is 2.09. The molecule has 100 valence electrons. The fraction of sp³-hybridized carbons (Fsp3) is 0.462. The number of hydrogen-bond donors (Lipinski definition) is 2. The van der Waals surface area contributed by atoms with Crippen LogP contribution in [0.25, 0.3) is 0 Å². The van der Waals surface area contributed by atoms with Gasteiger partial charge in [0, 0.05) is 5.33 Å². The van der Waals surface area contributed by atoms with Gasteiger partial charge in [-0.15, -0.1) is 0 Å². The fourth-order valence-electron chi connectivity index (χ4n) is 1.62. The molecule has 2 atom stereocenters. The second-order valence-electron chi connectivity index (χ2n) is 3.84. The average molecular weight is 317 g/mol. The predicted octanol–water partition coefficient (Wildman–Crippen LogP) is 2.08. The van der Waals surface area contributed by atoms with Gasteiger partial charge < -0.3 is 14.9 Å². The molecule has 0 aliphatic heterocycles. The summed E-state index contributed by atoms with van der Waals surface area (Å²) in [6, 6.07) is 4.83. The van der Waals surface area contributed by atoms with Crippen LogP contribution in [-0.4, -0.2) is 34.5 Å². The van der Waals surface area contributed by atoms with Gasteiger partial charge in [-0.1, -0.05) is 22.0 Å². The normalized spacial score (nSPS) is 14.0. The first-order chi connectivity index (χ1) is 8.63. The molecular formula is C13H17BrO4. The first-order valence-corrected chi connectivity index (χ1v) is 6.90. The molecule has 2 unspecified atom stereocenters. The Balaban J connectivity index is 2.93. The highest BCUT2D eigenvalue weighted by molar-refractivity contribution is 9.09. The molecule has 5 heteroatoms. The third kappa shape index (κ3) is 3.80. The minimum Gasteiger partial charge on any atom is -0.493 e. The van der Waals surface area contributed by atoms with E-state index in [9.17, 15) is 15.0 Å². The number of carbonyl (C=O) groups is 1. The lowest BCUT2D eigenvalue weighted by Gasteiger charge is -2.18. The van der Waals surface area contributed by atoms with Gasteiger partial charge in [0.1, 0.15) is 11.9 Å². The summed E-state index contributed by atoms with van der Waals surface area (Å²) in [5.41, 5.74) is 0.883. The second kappa shape index (κ2) is 7.51. The Bertz CT molecular complexity index is 395. The van der Waals surface area contributed by atoms with Crippen molar-refractivity contribution in [3.05, 3.63) is 29.3 Å². The van der Waals surface area contributed by atoms with E-state index in [0.717, 1.165) is 0 Å².